The van der Waals surface area contributed by atoms with Crippen LogP contribution < -0.4 is 10.1 Å². The van der Waals surface area contributed by atoms with Gasteiger partial charge in [-0.15, -0.1) is 10.2 Å². The highest BCUT2D eigenvalue weighted by Gasteiger charge is 2.09. The molecule has 2 heterocycles. The van der Waals surface area contributed by atoms with Gasteiger partial charge in [-0.3, -0.25) is 4.98 Å². The van der Waals surface area contributed by atoms with Crippen LogP contribution in [-0.2, 0) is 0 Å². The quantitative estimate of drug-likeness (QED) is 0.687. The zero-order valence-corrected chi connectivity index (χ0v) is 12.9. The third-order valence-corrected chi connectivity index (χ3v) is 3.12. The summed E-state index contributed by atoms with van der Waals surface area (Å²) in [5.74, 6) is 1.28. The van der Waals surface area contributed by atoms with E-state index in [-0.39, 0.29) is 11.4 Å². The van der Waals surface area contributed by atoms with Crippen LogP contribution in [0.15, 0.2) is 48.9 Å². The Hall–Kier alpha value is -3.44. The number of aromatic nitrogens is 5. The van der Waals surface area contributed by atoms with Crippen LogP contribution in [0.25, 0.3) is 5.57 Å². The standard InChI is InChI=1S/C15H10ClN7O/c16-11-3-4-14(24-12-2-1-5-18-9-12)13(6-11)19-8-10(7-17)15-20-22-23-21-15/h1-6,8-9,19H,(H,20,21,22,23). The van der Waals surface area contributed by atoms with E-state index in [1.54, 1.807) is 42.7 Å². The van der Waals surface area contributed by atoms with E-state index >= 15 is 0 Å². The Morgan fingerprint density at radius 2 is 2.29 bits per heavy atom. The van der Waals surface area contributed by atoms with Gasteiger partial charge in [-0.05, 0) is 35.5 Å². The first kappa shape index (κ1) is 15.5. The molecule has 3 rings (SSSR count). The van der Waals surface area contributed by atoms with Gasteiger partial charge in [0.05, 0.1) is 11.9 Å². The smallest absolute Gasteiger partial charge is 0.216 e. The molecule has 9 heteroatoms. The van der Waals surface area contributed by atoms with Crippen molar-refractivity contribution in [1.29, 1.82) is 5.26 Å². The molecule has 0 aliphatic heterocycles. The second-order valence-electron chi connectivity index (χ2n) is 4.48. The number of pyridine rings is 1. The number of aromatic amines is 1. The van der Waals surface area contributed by atoms with Crippen molar-refractivity contribution in [3.63, 3.8) is 0 Å². The molecule has 2 aromatic heterocycles. The summed E-state index contributed by atoms with van der Waals surface area (Å²) in [6.07, 6.45) is 4.70. The average molecular weight is 340 g/mol. The molecule has 8 nitrogen and oxygen atoms in total. The first-order chi connectivity index (χ1) is 11.8. The van der Waals surface area contributed by atoms with Gasteiger partial charge >= 0.3 is 0 Å². The predicted molar refractivity (Wildman–Crippen MR) is 87.2 cm³/mol. The van der Waals surface area contributed by atoms with E-state index < -0.39 is 0 Å². The molecule has 118 valence electrons. The molecule has 24 heavy (non-hydrogen) atoms. The highest BCUT2D eigenvalue weighted by atomic mass is 35.5. The van der Waals surface area contributed by atoms with Crippen LogP contribution in [0.1, 0.15) is 5.82 Å². The van der Waals surface area contributed by atoms with Crippen molar-refractivity contribution in [3.8, 4) is 17.6 Å². The maximum atomic E-state index is 9.19. The van der Waals surface area contributed by atoms with Gasteiger partial charge in [0, 0.05) is 17.4 Å². The fourth-order valence-corrected chi connectivity index (χ4v) is 1.98. The van der Waals surface area contributed by atoms with Gasteiger partial charge in [-0.2, -0.15) is 10.5 Å². The summed E-state index contributed by atoms with van der Waals surface area (Å²) in [7, 11) is 0. The summed E-state index contributed by atoms with van der Waals surface area (Å²) in [5, 5.41) is 25.9. The molecule has 3 aromatic rings. The minimum atomic E-state index is 0.182. The van der Waals surface area contributed by atoms with E-state index in [1.807, 2.05) is 6.07 Å². The molecule has 0 bridgehead atoms. The largest absolute Gasteiger partial charge is 0.454 e. The van der Waals surface area contributed by atoms with Gasteiger partial charge in [0.2, 0.25) is 5.82 Å². The van der Waals surface area contributed by atoms with Gasteiger partial charge in [0.25, 0.3) is 0 Å². The summed E-state index contributed by atoms with van der Waals surface area (Å²) in [5.41, 5.74) is 0.777. The van der Waals surface area contributed by atoms with E-state index in [0.717, 1.165) is 0 Å². The lowest BCUT2D eigenvalue weighted by molar-refractivity contribution is 0.482. The third kappa shape index (κ3) is 3.66. The van der Waals surface area contributed by atoms with Crippen LogP contribution in [0.2, 0.25) is 5.02 Å². The van der Waals surface area contributed by atoms with E-state index in [9.17, 15) is 5.26 Å². The van der Waals surface area contributed by atoms with Crippen LogP contribution in [0.3, 0.4) is 0 Å². The van der Waals surface area contributed by atoms with Crippen LogP contribution in [0.4, 0.5) is 5.69 Å². The lowest BCUT2D eigenvalue weighted by atomic mass is 10.2. The number of hydrogen-bond donors (Lipinski definition) is 2. The number of halogens is 1. The molecule has 0 amide bonds. The van der Waals surface area contributed by atoms with Crippen molar-refractivity contribution < 1.29 is 4.74 Å². The van der Waals surface area contributed by atoms with Gasteiger partial charge in [-0.1, -0.05) is 11.6 Å². The Balaban J connectivity index is 1.87. The number of nitrogens with zero attached hydrogens (tertiary/aromatic N) is 5. The molecule has 0 saturated heterocycles. The van der Waals surface area contributed by atoms with E-state index in [2.05, 4.69) is 30.9 Å². The third-order valence-electron chi connectivity index (χ3n) is 2.88. The SMILES string of the molecule is N#CC(=CNc1cc(Cl)ccc1Oc1cccnc1)c1nn[nH]n1. The van der Waals surface area contributed by atoms with Crippen LogP contribution >= 0.6 is 11.6 Å². The molecule has 0 unspecified atom stereocenters. The number of ether oxygens (including phenoxy) is 1. The van der Waals surface area contributed by atoms with Crippen molar-refractivity contribution in [2.24, 2.45) is 0 Å². The number of allylic oxidation sites excluding steroid dienone is 1. The average Bonchev–Trinajstić information content (AvgIpc) is 3.13. The number of benzene rings is 1. The van der Waals surface area contributed by atoms with Crippen molar-refractivity contribution in [1.82, 2.24) is 25.6 Å². The van der Waals surface area contributed by atoms with Crippen LogP contribution in [-0.4, -0.2) is 25.6 Å². The van der Waals surface area contributed by atoms with Gasteiger partial charge in [0.15, 0.2) is 5.75 Å². The Kier molecular flexibility index (Phi) is 4.65. The first-order valence-electron chi connectivity index (χ1n) is 6.74. The predicted octanol–water partition coefficient (Wildman–Crippen LogP) is 3.02. The zero-order chi connectivity index (χ0) is 16.8. The number of nitrogens with one attached hydrogen (secondary N) is 2. The Morgan fingerprint density at radius 3 is 3.00 bits per heavy atom. The minimum absolute atomic E-state index is 0.182. The highest BCUT2D eigenvalue weighted by molar-refractivity contribution is 6.30. The Morgan fingerprint density at radius 1 is 1.38 bits per heavy atom. The van der Waals surface area contributed by atoms with E-state index in [1.165, 1.54) is 6.20 Å². The van der Waals surface area contributed by atoms with Crippen molar-refractivity contribution in [2.45, 2.75) is 0 Å². The van der Waals surface area contributed by atoms with Gasteiger partial charge in [-0.25, -0.2) is 0 Å². The van der Waals surface area contributed by atoms with E-state index in [4.69, 9.17) is 16.3 Å². The van der Waals surface area contributed by atoms with Gasteiger partial charge in [0.1, 0.15) is 17.4 Å². The fourth-order valence-electron chi connectivity index (χ4n) is 1.81. The minimum Gasteiger partial charge on any atom is -0.454 e. The van der Waals surface area contributed by atoms with Crippen LogP contribution in [0.5, 0.6) is 11.5 Å². The second-order valence-corrected chi connectivity index (χ2v) is 4.92. The second kappa shape index (κ2) is 7.21. The summed E-state index contributed by atoms with van der Waals surface area (Å²) >= 11 is 6.04. The number of anilines is 1. The lowest BCUT2D eigenvalue weighted by Crippen LogP contribution is -1.96. The molecular formula is C15H10ClN7O. The number of H-pyrrole nitrogens is 1. The zero-order valence-electron chi connectivity index (χ0n) is 12.1. The van der Waals surface area contributed by atoms with Crippen molar-refractivity contribution in [2.75, 3.05) is 5.32 Å². The number of tetrazole rings is 1. The molecule has 0 radical (unpaired) electrons. The molecule has 0 aliphatic rings. The molecule has 0 saturated carbocycles. The maximum absolute atomic E-state index is 9.19. The molecule has 1 aromatic carbocycles. The molecule has 0 aliphatic carbocycles. The summed E-state index contributed by atoms with van der Waals surface area (Å²) in [4.78, 5) is 4.00. The molecule has 0 fully saturated rings. The van der Waals surface area contributed by atoms with E-state index in [0.29, 0.717) is 22.2 Å². The Bertz CT molecular complexity index is 888. The lowest BCUT2D eigenvalue weighted by Gasteiger charge is -2.11. The number of hydrogen-bond acceptors (Lipinski definition) is 7. The van der Waals surface area contributed by atoms with Crippen molar-refractivity contribution in [3.05, 3.63) is 59.8 Å². The summed E-state index contributed by atoms with van der Waals surface area (Å²) in [6, 6.07) is 10.6. The number of rotatable bonds is 5. The maximum Gasteiger partial charge on any atom is 0.216 e. The fraction of sp³-hybridized carbons (Fsp3) is 0. The molecule has 2 N–H and O–H groups in total. The summed E-state index contributed by atoms with van der Waals surface area (Å²) < 4.78 is 5.78. The molecule has 0 spiro atoms. The Labute approximate surface area is 141 Å². The van der Waals surface area contributed by atoms with Crippen LogP contribution in [0, 0.1) is 11.3 Å². The molecular weight excluding hydrogens is 330 g/mol. The highest BCUT2D eigenvalue weighted by Crippen LogP contribution is 2.32. The molecule has 0 atom stereocenters. The van der Waals surface area contributed by atoms with Crippen molar-refractivity contribution >= 4 is 22.9 Å². The first-order valence-corrected chi connectivity index (χ1v) is 7.12. The monoisotopic (exact) mass is 339 g/mol. The normalized spacial score (nSPS) is 10.9. The number of nitriles is 1. The summed E-state index contributed by atoms with van der Waals surface area (Å²) in [6.45, 7) is 0. The van der Waals surface area contributed by atoms with Gasteiger partial charge < -0.3 is 10.1 Å². The topological polar surface area (TPSA) is 112 Å².